The van der Waals surface area contributed by atoms with Gasteiger partial charge in [0.15, 0.2) is 0 Å². The van der Waals surface area contributed by atoms with E-state index in [0.717, 1.165) is 69.8 Å². The molecule has 0 aliphatic heterocycles. The normalized spacial score (nSPS) is 17.1. The van der Waals surface area contributed by atoms with Gasteiger partial charge in [0.2, 0.25) is 5.95 Å². The second-order valence-corrected chi connectivity index (χ2v) is 11.1. The lowest BCUT2D eigenvalue weighted by molar-refractivity contribution is 0.126. The lowest BCUT2D eigenvalue weighted by atomic mass is 9.93. The number of aromatic nitrogens is 4. The topological polar surface area (TPSA) is 108 Å². The highest BCUT2D eigenvalue weighted by atomic mass is 32.1. The van der Waals surface area contributed by atoms with Gasteiger partial charge in [-0.05, 0) is 61.1 Å². The van der Waals surface area contributed by atoms with Gasteiger partial charge in [-0.1, -0.05) is 36.4 Å². The van der Waals surface area contributed by atoms with E-state index in [4.69, 9.17) is 15.0 Å². The van der Waals surface area contributed by atoms with Crippen molar-refractivity contribution >= 4 is 27.5 Å². The minimum Gasteiger partial charge on any atom is -0.393 e. The molecule has 2 N–H and O–H groups in total. The Labute approximate surface area is 231 Å². The quantitative estimate of drug-likeness (QED) is 0.268. The molecule has 2 aromatic carbocycles. The Morgan fingerprint density at radius 3 is 2.46 bits per heavy atom. The Morgan fingerprint density at radius 2 is 1.67 bits per heavy atom. The number of nitriles is 1. The Balaban J connectivity index is 1.27. The summed E-state index contributed by atoms with van der Waals surface area (Å²) in [5, 5.41) is 23.6. The number of thiazole rings is 1. The van der Waals surface area contributed by atoms with Crippen molar-refractivity contribution in [1.82, 2.24) is 19.9 Å². The zero-order valence-electron chi connectivity index (χ0n) is 21.4. The van der Waals surface area contributed by atoms with Crippen LogP contribution in [0.4, 0.5) is 5.95 Å². The van der Waals surface area contributed by atoms with Crippen molar-refractivity contribution in [2.75, 3.05) is 5.32 Å². The van der Waals surface area contributed by atoms with Gasteiger partial charge in [0.05, 0.1) is 38.3 Å². The molecule has 7 nitrogen and oxygen atoms in total. The Hall–Kier alpha value is -4.19. The van der Waals surface area contributed by atoms with Gasteiger partial charge in [-0.3, -0.25) is 4.98 Å². The Morgan fingerprint density at radius 1 is 0.872 bits per heavy atom. The molecule has 3 heterocycles. The third kappa shape index (κ3) is 6.11. The lowest BCUT2D eigenvalue weighted by Gasteiger charge is -2.26. The van der Waals surface area contributed by atoms with Crippen molar-refractivity contribution in [1.29, 1.82) is 5.26 Å². The van der Waals surface area contributed by atoms with E-state index < -0.39 is 0 Å². The summed E-state index contributed by atoms with van der Waals surface area (Å²) in [7, 11) is 0. The predicted octanol–water partition coefficient (Wildman–Crippen LogP) is 5.92. The second-order valence-electron chi connectivity index (χ2n) is 10.0. The van der Waals surface area contributed by atoms with Crippen LogP contribution in [0.5, 0.6) is 0 Å². The SMILES string of the molecule is N#Cc1cncc(-c2ccc3nc(Cc4cc(Cc5ccccc5)nc(NC5CCC(O)CC5)n4)sc3c2)c1. The van der Waals surface area contributed by atoms with Crippen molar-refractivity contribution in [3.05, 3.63) is 101 Å². The van der Waals surface area contributed by atoms with Gasteiger partial charge in [0.25, 0.3) is 0 Å². The molecule has 1 fully saturated rings. The van der Waals surface area contributed by atoms with Crippen LogP contribution < -0.4 is 5.32 Å². The number of hydrogen-bond donors (Lipinski definition) is 2. The van der Waals surface area contributed by atoms with Crippen LogP contribution in [0, 0.1) is 11.3 Å². The maximum atomic E-state index is 9.89. The monoisotopic (exact) mass is 532 g/mol. The van der Waals surface area contributed by atoms with Crippen molar-refractivity contribution in [3.63, 3.8) is 0 Å². The van der Waals surface area contributed by atoms with Gasteiger partial charge < -0.3 is 10.4 Å². The van der Waals surface area contributed by atoms with Crippen LogP contribution in [-0.2, 0) is 12.8 Å². The van der Waals surface area contributed by atoms with Crippen LogP contribution in [0.1, 0.15) is 53.2 Å². The first-order valence-corrected chi connectivity index (χ1v) is 14.0. The van der Waals surface area contributed by atoms with E-state index in [2.05, 4.69) is 40.6 Å². The van der Waals surface area contributed by atoms with Gasteiger partial charge in [0.1, 0.15) is 6.07 Å². The first kappa shape index (κ1) is 25.1. The lowest BCUT2D eigenvalue weighted by Crippen LogP contribution is -2.29. The molecule has 5 aromatic rings. The summed E-state index contributed by atoms with van der Waals surface area (Å²) < 4.78 is 1.09. The number of anilines is 1. The number of hydrogen-bond acceptors (Lipinski definition) is 8. The second kappa shape index (κ2) is 11.3. The molecule has 39 heavy (non-hydrogen) atoms. The first-order chi connectivity index (χ1) is 19.1. The van der Waals surface area contributed by atoms with Gasteiger partial charge >= 0.3 is 0 Å². The summed E-state index contributed by atoms with van der Waals surface area (Å²) in [5.41, 5.74) is 6.52. The number of aliphatic hydroxyl groups excluding tert-OH is 1. The Kier molecular flexibility index (Phi) is 7.26. The standard InChI is InChI=1S/C31H28N6OS/c32-17-21-12-23(19-33-18-21)22-6-11-28-29(14-22)39-30(37-28)16-26-15-25(13-20-4-2-1-3-5-20)35-31(36-26)34-24-7-9-27(38)10-8-24/h1-6,11-12,14-15,18-19,24,27,38H,7-10,13,16H2,(H,34,35,36). The average Bonchev–Trinajstić information content (AvgIpc) is 3.36. The summed E-state index contributed by atoms with van der Waals surface area (Å²) in [6.07, 6.45) is 7.93. The number of pyridine rings is 1. The van der Waals surface area contributed by atoms with E-state index in [1.807, 2.05) is 36.4 Å². The van der Waals surface area contributed by atoms with Crippen LogP contribution in [0.25, 0.3) is 21.3 Å². The summed E-state index contributed by atoms with van der Waals surface area (Å²) in [4.78, 5) is 18.8. The smallest absolute Gasteiger partial charge is 0.223 e. The molecular weight excluding hydrogens is 504 g/mol. The molecule has 0 atom stereocenters. The minimum atomic E-state index is -0.199. The first-order valence-electron chi connectivity index (χ1n) is 13.2. The van der Waals surface area contributed by atoms with Crippen molar-refractivity contribution in [2.24, 2.45) is 0 Å². The zero-order chi connectivity index (χ0) is 26.6. The van der Waals surface area contributed by atoms with Crippen LogP contribution in [0.2, 0.25) is 0 Å². The number of nitrogens with one attached hydrogen (secondary N) is 1. The number of benzene rings is 2. The summed E-state index contributed by atoms with van der Waals surface area (Å²) >= 11 is 1.66. The maximum absolute atomic E-state index is 9.89. The van der Waals surface area contributed by atoms with E-state index in [0.29, 0.717) is 17.9 Å². The van der Waals surface area contributed by atoms with E-state index in [1.165, 1.54) is 5.56 Å². The highest BCUT2D eigenvalue weighted by Gasteiger charge is 2.20. The maximum Gasteiger partial charge on any atom is 0.223 e. The summed E-state index contributed by atoms with van der Waals surface area (Å²) in [5.74, 6) is 0.646. The van der Waals surface area contributed by atoms with E-state index in [1.54, 1.807) is 23.7 Å². The van der Waals surface area contributed by atoms with E-state index in [9.17, 15) is 10.4 Å². The highest BCUT2D eigenvalue weighted by molar-refractivity contribution is 7.18. The van der Waals surface area contributed by atoms with Crippen molar-refractivity contribution < 1.29 is 5.11 Å². The fourth-order valence-electron chi connectivity index (χ4n) is 5.05. The average molecular weight is 533 g/mol. The van der Waals surface area contributed by atoms with E-state index in [-0.39, 0.29) is 12.1 Å². The predicted molar refractivity (Wildman–Crippen MR) is 154 cm³/mol. The largest absolute Gasteiger partial charge is 0.393 e. The van der Waals surface area contributed by atoms with Crippen molar-refractivity contribution in [2.45, 2.75) is 50.7 Å². The van der Waals surface area contributed by atoms with Crippen LogP contribution in [0.15, 0.2) is 73.1 Å². The number of aliphatic hydroxyl groups is 1. The molecular formula is C31H28N6OS. The molecule has 194 valence electrons. The molecule has 0 spiro atoms. The molecule has 0 bridgehead atoms. The molecule has 0 amide bonds. The molecule has 1 aliphatic rings. The third-order valence-electron chi connectivity index (χ3n) is 7.06. The molecule has 6 rings (SSSR count). The number of rotatable bonds is 7. The Bertz CT molecular complexity index is 1640. The highest BCUT2D eigenvalue weighted by Crippen LogP contribution is 2.30. The van der Waals surface area contributed by atoms with Gasteiger partial charge in [-0.2, -0.15) is 5.26 Å². The van der Waals surface area contributed by atoms with Gasteiger partial charge in [-0.15, -0.1) is 11.3 Å². The minimum absolute atomic E-state index is 0.199. The number of fused-ring (bicyclic) bond motifs is 1. The summed E-state index contributed by atoms with van der Waals surface area (Å²) in [6, 6.07) is 22.9. The molecule has 1 aliphatic carbocycles. The molecule has 0 saturated heterocycles. The molecule has 1 saturated carbocycles. The van der Waals surface area contributed by atoms with Gasteiger partial charge in [-0.25, -0.2) is 15.0 Å². The summed E-state index contributed by atoms with van der Waals surface area (Å²) in [6.45, 7) is 0. The molecule has 0 radical (unpaired) electrons. The van der Waals surface area contributed by atoms with Crippen molar-refractivity contribution in [3.8, 4) is 17.2 Å². The van der Waals surface area contributed by atoms with Crippen LogP contribution in [0.3, 0.4) is 0 Å². The fraction of sp³-hybridized carbons (Fsp3) is 0.258. The zero-order valence-corrected chi connectivity index (χ0v) is 22.2. The number of nitrogens with zero attached hydrogens (tertiary/aromatic N) is 5. The molecule has 3 aromatic heterocycles. The molecule has 0 unspecified atom stereocenters. The van der Waals surface area contributed by atoms with Crippen LogP contribution >= 0.6 is 11.3 Å². The third-order valence-corrected chi connectivity index (χ3v) is 8.07. The van der Waals surface area contributed by atoms with E-state index >= 15 is 0 Å². The fourth-order valence-corrected chi connectivity index (χ4v) is 6.07. The molecule has 8 heteroatoms. The van der Waals surface area contributed by atoms with Gasteiger partial charge in [0, 0.05) is 36.8 Å². The van der Waals surface area contributed by atoms with Crippen LogP contribution in [-0.4, -0.2) is 37.2 Å².